The normalized spacial score (nSPS) is 12.3. The average Bonchev–Trinajstić information content (AvgIpc) is 2.44. The van der Waals surface area contributed by atoms with E-state index < -0.39 is 11.7 Å². The van der Waals surface area contributed by atoms with Gasteiger partial charge in [-0.3, -0.25) is 5.32 Å². The van der Waals surface area contributed by atoms with E-state index in [-0.39, 0.29) is 6.61 Å². The number of rotatable bonds is 3. The number of carbonyl (C=O) groups is 1. The van der Waals surface area contributed by atoms with Gasteiger partial charge < -0.3 is 9.84 Å². The fourth-order valence-electron chi connectivity index (χ4n) is 2.05. The lowest BCUT2D eigenvalue weighted by molar-refractivity contribution is 0.0539. The zero-order valence-electron chi connectivity index (χ0n) is 13.1. The number of hydrogen-bond acceptors (Lipinski definition) is 3. The summed E-state index contributed by atoms with van der Waals surface area (Å²) >= 11 is 0. The summed E-state index contributed by atoms with van der Waals surface area (Å²) in [6, 6.07) is 14.0. The van der Waals surface area contributed by atoms with E-state index in [0.717, 1.165) is 16.3 Å². The van der Waals surface area contributed by atoms with E-state index in [1.54, 1.807) is 26.8 Å². The number of aliphatic hydroxyl groups is 1. The van der Waals surface area contributed by atoms with Crippen LogP contribution in [0.5, 0.6) is 0 Å². The second kappa shape index (κ2) is 6.62. The third-order valence-electron chi connectivity index (χ3n) is 2.95. The molecule has 0 aromatic heterocycles. The van der Waals surface area contributed by atoms with Gasteiger partial charge in [0.15, 0.2) is 0 Å². The van der Waals surface area contributed by atoms with Crippen LogP contribution in [0.2, 0.25) is 0 Å². The van der Waals surface area contributed by atoms with Gasteiger partial charge in [-0.2, -0.15) is 0 Å². The van der Waals surface area contributed by atoms with Crippen LogP contribution in [0.1, 0.15) is 26.3 Å². The van der Waals surface area contributed by atoms with E-state index in [0.29, 0.717) is 5.70 Å². The lowest BCUT2D eigenvalue weighted by atomic mass is 10.1. The molecule has 0 bridgehead atoms. The van der Waals surface area contributed by atoms with Crippen molar-refractivity contribution in [1.82, 2.24) is 5.32 Å². The molecule has 116 valence electrons. The summed E-state index contributed by atoms with van der Waals surface area (Å²) in [5, 5.41) is 14.2. The van der Waals surface area contributed by atoms with Crippen LogP contribution in [0.4, 0.5) is 4.79 Å². The van der Waals surface area contributed by atoms with Crippen LogP contribution < -0.4 is 5.32 Å². The maximum atomic E-state index is 11.7. The first-order chi connectivity index (χ1) is 10.4. The number of fused-ring (bicyclic) bond motifs is 1. The number of benzene rings is 2. The first kappa shape index (κ1) is 16.0. The Kier molecular flexibility index (Phi) is 4.83. The molecule has 2 rings (SSSR count). The van der Waals surface area contributed by atoms with Crippen molar-refractivity contribution >= 4 is 22.9 Å². The number of carbonyl (C=O) groups excluding carboxylic acids is 1. The average molecular weight is 299 g/mol. The van der Waals surface area contributed by atoms with Gasteiger partial charge in [-0.05, 0) is 49.2 Å². The van der Waals surface area contributed by atoms with Gasteiger partial charge in [0.25, 0.3) is 0 Å². The zero-order chi connectivity index (χ0) is 16.2. The van der Waals surface area contributed by atoms with Gasteiger partial charge in [0, 0.05) is 5.70 Å². The van der Waals surface area contributed by atoms with Crippen LogP contribution in [-0.2, 0) is 4.74 Å². The van der Waals surface area contributed by atoms with E-state index in [1.165, 1.54) is 0 Å². The summed E-state index contributed by atoms with van der Waals surface area (Å²) in [7, 11) is 0. The van der Waals surface area contributed by atoms with E-state index >= 15 is 0 Å². The van der Waals surface area contributed by atoms with Gasteiger partial charge in [-0.15, -0.1) is 0 Å². The van der Waals surface area contributed by atoms with Crippen molar-refractivity contribution < 1.29 is 14.6 Å². The Morgan fingerprint density at radius 1 is 1.18 bits per heavy atom. The van der Waals surface area contributed by atoms with Crippen molar-refractivity contribution in [1.29, 1.82) is 0 Å². The van der Waals surface area contributed by atoms with E-state index in [2.05, 4.69) is 5.32 Å². The van der Waals surface area contributed by atoms with E-state index in [4.69, 9.17) is 4.74 Å². The highest BCUT2D eigenvalue weighted by molar-refractivity contribution is 5.85. The topological polar surface area (TPSA) is 58.6 Å². The highest BCUT2D eigenvalue weighted by atomic mass is 16.6. The Labute approximate surface area is 130 Å². The fraction of sp³-hybridized carbons (Fsp3) is 0.278. The van der Waals surface area contributed by atoms with Crippen molar-refractivity contribution in [2.75, 3.05) is 6.61 Å². The molecule has 0 spiro atoms. The maximum Gasteiger partial charge on any atom is 0.411 e. The predicted octanol–water partition coefficient (Wildman–Crippen LogP) is 3.70. The van der Waals surface area contributed by atoms with Gasteiger partial charge in [0.2, 0.25) is 0 Å². The Bertz CT molecular complexity index is 699. The molecule has 2 aromatic carbocycles. The van der Waals surface area contributed by atoms with Gasteiger partial charge in [-0.25, -0.2) is 4.79 Å². The van der Waals surface area contributed by atoms with Crippen LogP contribution >= 0.6 is 0 Å². The molecule has 4 heteroatoms. The molecule has 0 aliphatic rings. The van der Waals surface area contributed by atoms with Gasteiger partial charge in [-0.1, -0.05) is 36.4 Å². The van der Waals surface area contributed by atoms with Gasteiger partial charge in [0.05, 0.1) is 6.61 Å². The third-order valence-corrected chi connectivity index (χ3v) is 2.95. The molecule has 0 aliphatic heterocycles. The van der Waals surface area contributed by atoms with Crippen LogP contribution in [0.25, 0.3) is 16.8 Å². The second-order valence-corrected chi connectivity index (χ2v) is 6.06. The SMILES string of the molecule is CC(C)(C)OC(=O)N/C(=C\c1ccc2ccccc2c1)CO. The monoisotopic (exact) mass is 299 g/mol. The summed E-state index contributed by atoms with van der Waals surface area (Å²) in [6.07, 6.45) is 1.16. The Morgan fingerprint density at radius 3 is 2.50 bits per heavy atom. The Morgan fingerprint density at radius 2 is 1.86 bits per heavy atom. The first-order valence-electron chi connectivity index (χ1n) is 7.17. The minimum atomic E-state index is -0.576. The molecular weight excluding hydrogens is 278 g/mol. The Hall–Kier alpha value is -2.33. The van der Waals surface area contributed by atoms with Crippen LogP contribution in [0.15, 0.2) is 48.2 Å². The van der Waals surface area contributed by atoms with E-state index in [9.17, 15) is 9.90 Å². The molecule has 0 aliphatic carbocycles. The van der Waals surface area contributed by atoms with Crippen molar-refractivity contribution in [2.24, 2.45) is 0 Å². The van der Waals surface area contributed by atoms with Crippen LogP contribution in [0.3, 0.4) is 0 Å². The molecule has 22 heavy (non-hydrogen) atoms. The van der Waals surface area contributed by atoms with Gasteiger partial charge >= 0.3 is 6.09 Å². The van der Waals surface area contributed by atoms with Crippen LogP contribution in [-0.4, -0.2) is 23.4 Å². The minimum Gasteiger partial charge on any atom is -0.444 e. The third kappa shape index (κ3) is 4.60. The molecule has 0 heterocycles. The molecule has 0 saturated carbocycles. The standard InChI is InChI=1S/C18H21NO3/c1-18(2,3)22-17(21)19-16(12-20)11-13-8-9-14-6-4-5-7-15(14)10-13/h4-11,20H,12H2,1-3H3,(H,19,21)/b16-11-. The number of aliphatic hydroxyl groups excluding tert-OH is 1. The number of alkyl carbamates (subject to hydrolysis) is 1. The van der Waals surface area contributed by atoms with E-state index in [1.807, 2.05) is 42.5 Å². The molecule has 0 atom stereocenters. The van der Waals surface area contributed by atoms with Gasteiger partial charge in [0.1, 0.15) is 5.60 Å². The number of nitrogens with one attached hydrogen (secondary N) is 1. The maximum absolute atomic E-state index is 11.7. The largest absolute Gasteiger partial charge is 0.444 e. The first-order valence-corrected chi connectivity index (χ1v) is 7.17. The molecule has 0 radical (unpaired) electrons. The van der Waals surface area contributed by atoms with Crippen molar-refractivity contribution in [3.63, 3.8) is 0 Å². The lowest BCUT2D eigenvalue weighted by Crippen LogP contribution is -2.32. The Balaban J connectivity index is 2.18. The number of ether oxygens (including phenoxy) is 1. The number of amides is 1. The zero-order valence-corrected chi connectivity index (χ0v) is 13.1. The highest BCUT2D eigenvalue weighted by Crippen LogP contribution is 2.17. The molecule has 0 unspecified atom stereocenters. The summed E-state index contributed by atoms with van der Waals surface area (Å²) in [6.45, 7) is 5.10. The van der Waals surface area contributed by atoms with Crippen LogP contribution in [0, 0.1) is 0 Å². The second-order valence-electron chi connectivity index (χ2n) is 6.06. The number of hydrogen-bond donors (Lipinski definition) is 2. The molecule has 2 aromatic rings. The summed E-state index contributed by atoms with van der Waals surface area (Å²) in [4.78, 5) is 11.7. The molecule has 2 N–H and O–H groups in total. The quantitative estimate of drug-likeness (QED) is 0.908. The predicted molar refractivity (Wildman–Crippen MR) is 88.4 cm³/mol. The van der Waals surface area contributed by atoms with Crippen molar-refractivity contribution in [3.8, 4) is 0 Å². The summed E-state index contributed by atoms with van der Waals surface area (Å²) in [5.41, 5.74) is 0.719. The van der Waals surface area contributed by atoms with Crippen molar-refractivity contribution in [3.05, 3.63) is 53.7 Å². The fourth-order valence-corrected chi connectivity index (χ4v) is 2.05. The highest BCUT2D eigenvalue weighted by Gasteiger charge is 2.16. The minimum absolute atomic E-state index is 0.272. The summed E-state index contributed by atoms with van der Waals surface area (Å²) < 4.78 is 5.18. The molecule has 0 fully saturated rings. The molecule has 4 nitrogen and oxygen atoms in total. The van der Waals surface area contributed by atoms with Crippen molar-refractivity contribution in [2.45, 2.75) is 26.4 Å². The molecule has 1 amide bonds. The molecular formula is C18H21NO3. The smallest absolute Gasteiger partial charge is 0.411 e. The summed E-state index contributed by atoms with van der Waals surface area (Å²) in [5.74, 6) is 0. The molecule has 0 saturated heterocycles. The lowest BCUT2D eigenvalue weighted by Gasteiger charge is -2.20.